The molecule has 2 aromatic heterocycles. The molecule has 2 N–H and O–H groups in total. The molecule has 1 aromatic carbocycles. The van der Waals surface area contributed by atoms with Crippen LogP contribution in [-0.4, -0.2) is 16.8 Å². The highest BCUT2D eigenvalue weighted by molar-refractivity contribution is 7.08. The van der Waals surface area contributed by atoms with Crippen LogP contribution in [0.3, 0.4) is 0 Å². The number of hydrogen-bond donors (Lipinski definition) is 2. The fourth-order valence-electron chi connectivity index (χ4n) is 2.09. The number of anilines is 1. The van der Waals surface area contributed by atoms with Gasteiger partial charge in [0.1, 0.15) is 6.26 Å². The summed E-state index contributed by atoms with van der Waals surface area (Å²) in [5.41, 5.74) is 1.61. The summed E-state index contributed by atoms with van der Waals surface area (Å²) in [5, 5.41) is 8.86. The number of carbonyl (C=O) groups is 2. The summed E-state index contributed by atoms with van der Waals surface area (Å²) < 4.78 is 5.14. The summed E-state index contributed by atoms with van der Waals surface area (Å²) in [5.74, 6) is -0.700. The van der Waals surface area contributed by atoms with Gasteiger partial charge in [-0.1, -0.05) is 30.3 Å². The number of thiophene rings is 1. The molecule has 7 heteroatoms. The highest BCUT2D eigenvalue weighted by Crippen LogP contribution is 2.14. The van der Waals surface area contributed by atoms with Crippen LogP contribution in [0.4, 0.5) is 6.01 Å². The SMILES string of the molecule is CC(NC(=O)c1coc(NC(=O)c2ccsc2)n1)c1ccccc1. The summed E-state index contributed by atoms with van der Waals surface area (Å²) in [4.78, 5) is 28.1. The lowest BCUT2D eigenvalue weighted by molar-refractivity contribution is 0.0933. The van der Waals surface area contributed by atoms with E-state index in [0.29, 0.717) is 5.56 Å². The van der Waals surface area contributed by atoms with Gasteiger partial charge in [0.15, 0.2) is 5.69 Å². The van der Waals surface area contributed by atoms with Crippen LogP contribution in [0.2, 0.25) is 0 Å². The topological polar surface area (TPSA) is 84.2 Å². The van der Waals surface area contributed by atoms with Crippen LogP contribution in [0, 0.1) is 0 Å². The van der Waals surface area contributed by atoms with Gasteiger partial charge in [-0.25, -0.2) is 0 Å². The Morgan fingerprint density at radius 2 is 1.96 bits per heavy atom. The van der Waals surface area contributed by atoms with Crippen LogP contribution in [-0.2, 0) is 0 Å². The van der Waals surface area contributed by atoms with E-state index in [1.807, 2.05) is 37.3 Å². The first-order valence-corrected chi connectivity index (χ1v) is 8.22. The van der Waals surface area contributed by atoms with Crippen molar-refractivity contribution in [3.8, 4) is 0 Å². The van der Waals surface area contributed by atoms with Gasteiger partial charge in [-0.3, -0.25) is 14.9 Å². The first-order valence-electron chi connectivity index (χ1n) is 7.28. The minimum atomic E-state index is -0.369. The average Bonchev–Trinajstić information content (AvgIpc) is 3.27. The molecule has 0 saturated carbocycles. The summed E-state index contributed by atoms with van der Waals surface area (Å²) >= 11 is 1.42. The summed E-state index contributed by atoms with van der Waals surface area (Å²) in [7, 11) is 0. The van der Waals surface area contributed by atoms with E-state index in [-0.39, 0.29) is 29.6 Å². The lowest BCUT2D eigenvalue weighted by atomic mass is 10.1. The van der Waals surface area contributed by atoms with Crippen LogP contribution in [0.25, 0.3) is 0 Å². The molecule has 2 heterocycles. The molecule has 3 rings (SSSR count). The Hall–Kier alpha value is -2.93. The largest absolute Gasteiger partial charge is 0.431 e. The molecule has 122 valence electrons. The fourth-order valence-corrected chi connectivity index (χ4v) is 2.73. The maximum absolute atomic E-state index is 12.2. The summed E-state index contributed by atoms with van der Waals surface area (Å²) in [6, 6.07) is 11.1. The Morgan fingerprint density at radius 3 is 2.67 bits per heavy atom. The average molecular weight is 341 g/mol. The van der Waals surface area contributed by atoms with Crippen molar-refractivity contribution in [2.45, 2.75) is 13.0 Å². The van der Waals surface area contributed by atoms with Crippen LogP contribution in [0.5, 0.6) is 0 Å². The molecule has 0 radical (unpaired) electrons. The van der Waals surface area contributed by atoms with Gasteiger partial charge in [0.2, 0.25) is 0 Å². The standard InChI is InChI=1S/C17H15N3O3S/c1-11(12-5-3-2-4-6-12)18-16(22)14-9-23-17(19-14)20-15(21)13-7-8-24-10-13/h2-11H,1H3,(H,18,22)(H,19,20,21). The number of oxazole rings is 1. The maximum atomic E-state index is 12.2. The lowest BCUT2D eigenvalue weighted by Crippen LogP contribution is -2.26. The molecule has 2 amide bonds. The van der Waals surface area contributed by atoms with E-state index in [4.69, 9.17) is 4.42 Å². The third-order valence-corrected chi connectivity index (χ3v) is 4.07. The van der Waals surface area contributed by atoms with Crippen molar-refractivity contribution >= 4 is 29.2 Å². The number of carbonyl (C=O) groups excluding carboxylic acids is 2. The van der Waals surface area contributed by atoms with E-state index >= 15 is 0 Å². The third kappa shape index (κ3) is 3.69. The zero-order valence-corrected chi connectivity index (χ0v) is 13.7. The highest BCUT2D eigenvalue weighted by atomic mass is 32.1. The van der Waals surface area contributed by atoms with Gasteiger partial charge < -0.3 is 9.73 Å². The Balaban J connectivity index is 1.62. The van der Waals surface area contributed by atoms with Crippen LogP contribution >= 0.6 is 11.3 Å². The van der Waals surface area contributed by atoms with E-state index in [0.717, 1.165) is 5.56 Å². The molecular weight excluding hydrogens is 326 g/mol. The van der Waals surface area contributed by atoms with Crippen molar-refractivity contribution in [1.29, 1.82) is 0 Å². The zero-order valence-electron chi connectivity index (χ0n) is 12.9. The molecule has 0 saturated heterocycles. The first kappa shape index (κ1) is 15.9. The molecule has 0 aliphatic carbocycles. The summed E-state index contributed by atoms with van der Waals surface area (Å²) in [6.45, 7) is 1.88. The maximum Gasteiger partial charge on any atom is 0.302 e. The molecular formula is C17H15N3O3S. The molecule has 0 bridgehead atoms. The van der Waals surface area contributed by atoms with Gasteiger partial charge in [0, 0.05) is 5.38 Å². The lowest BCUT2D eigenvalue weighted by Gasteiger charge is -2.12. The molecule has 6 nitrogen and oxygen atoms in total. The second-order valence-corrected chi connectivity index (χ2v) is 5.89. The van der Waals surface area contributed by atoms with Crippen LogP contribution in [0.1, 0.15) is 39.4 Å². The van der Waals surface area contributed by atoms with Crippen molar-refractivity contribution in [2.24, 2.45) is 0 Å². The number of nitrogens with one attached hydrogen (secondary N) is 2. The minimum absolute atomic E-state index is 0.0104. The molecule has 1 unspecified atom stereocenters. The number of benzene rings is 1. The van der Waals surface area contributed by atoms with Crippen LogP contribution in [0.15, 0.2) is 57.8 Å². The first-order chi connectivity index (χ1) is 11.6. The fraction of sp³-hybridized carbons (Fsp3) is 0.118. The second kappa shape index (κ2) is 7.10. The van der Waals surface area contributed by atoms with Crippen molar-refractivity contribution < 1.29 is 14.0 Å². The predicted octanol–water partition coefficient (Wildman–Crippen LogP) is 3.48. The highest BCUT2D eigenvalue weighted by Gasteiger charge is 2.17. The van der Waals surface area contributed by atoms with Crippen LogP contribution < -0.4 is 10.6 Å². The molecule has 3 aromatic rings. The number of hydrogen-bond acceptors (Lipinski definition) is 5. The monoisotopic (exact) mass is 341 g/mol. The number of aromatic nitrogens is 1. The van der Waals surface area contributed by atoms with Gasteiger partial charge in [-0.2, -0.15) is 16.3 Å². The van der Waals surface area contributed by atoms with Crippen molar-refractivity contribution in [2.75, 3.05) is 5.32 Å². The second-order valence-electron chi connectivity index (χ2n) is 5.11. The van der Waals surface area contributed by atoms with Gasteiger partial charge in [-0.05, 0) is 23.9 Å². The van der Waals surface area contributed by atoms with E-state index in [1.54, 1.807) is 16.8 Å². The smallest absolute Gasteiger partial charge is 0.302 e. The van der Waals surface area contributed by atoms with Gasteiger partial charge in [-0.15, -0.1) is 0 Å². The molecule has 0 aliphatic heterocycles. The molecule has 0 aliphatic rings. The molecule has 1 atom stereocenters. The third-order valence-electron chi connectivity index (χ3n) is 3.39. The Labute approximate surface area is 142 Å². The van der Waals surface area contributed by atoms with Gasteiger partial charge in [0.05, 0.1) is 11.6 Å². The summed E-state index contributed by atoms with van der Waals surface area (Å²) in [6.07, 6.45) is 1.22. The van der Waals surface area contributed by atoms with Gasteiger partial charge >= 0.3 is 6.01 Å². The molecule has 0 spiro atoms. The van der Waals surface area contributed by atoms with Crippen molar-refractivity contribution in [1.82, 2.24) is 10.3 Å². The predicted molar refractivity (Wildman–Crippen MR) is 91.1 cm³/mol. The van der Waals surface area contributed by atoms with Crippen molar-refractivity contribution in [3.05, 3.63) is 70.2 Å². The van der Waals surface area contributed by atoms with Gasteiger partial charge in [0.25, 0.3) is 11.8 Å². The van der Waals surface area contributed by atoms with E-state index < -0.39 is 0 Å². The van der Waals surface area contributed by atoms with Crippen molar-refractivity contribution in [3.63, 3.8) is 0 Å². The Kier molecular flexibility index (Phi) is 4.72. The minimum Gasteiger partial charge on any atom is -0.431 e. The number of nitrogens with zero attached hydrogens (tertiary/aromatic N) is 1. The Morgan fingerprint density at radius 1 is 1.17 bits per heavy atom. The quantitative estimate of drug-likeness (QED) is 0.744. The normalized spacial score (nSPS) is 11.7. The van der Waals surface area contributed by atoms with E-state index in [9.17, 15) is 9.59 Å². The Bertz CT molecular complexity index is 828. The number of amides is 2. The number of rotatable bonds is 5. The molecule has 24 heavy (non-hydrogen) atoms. The molecule has 0 fully saturated rings. The zero-order chi connectivity index (χ0) is 16.9. The van der Waals surface area contributed by atoms with E-state index in [2.05, 4.69) is 15.6 Å². The van der Waals surface area contributed by atoms with E-state index in [1.165, 1.54) is 17.6 Å².